The smallest absolute Gasteiger partial charge is 0.326 e. The number of ketones is 1. The summed E-state index contributed by atoms with van der Waals surface area (Å²) in [5.74, 6) is -1.37. The van der Waals surface area contributed by atoms with Crippen molar-refractivity contribution in [2.45, 2.75) is 51.5 Å². The van der Waals surface area contributed by atoms with Crippen LogP contribution in [0.3, 0.4) is 0 Å². The van der Waals surface area contributed by atoms with Gasteiger partial charge in [-0.2, -0.15) is 0 Å². The maximum absolute atomic E-state index is 12.3. The molecule has 0 spiro atoms. The summed E-state index contributed by atoms with van der Waals surface area (Å²) in [6.07, 6.45) is 10.1. The number of nitrogens with one attached hydrogen (secondary N) is 2. The fraction of sp³-hybridized carbons (Fsp3) is 0.556. The summed E-state index contributed by atoms with van der Waals surface area (Å²) in [6, 6.07) is -1.01. The van der Waals surface area contributed by atoms with Crippen LogP contribution < -0.4 is 5.32 Å². The van der Waals surface area contributed by atoms with Crippen LogP contribution in [0.4, 0.5) is 0 Å². The number of imidazole rings is 1. The number of rotatable bonds is 9. The summed E-state index contributed by atoms with van der Waals surface area (Å²) in [7, 11) is 0. The van der Waals surface area contributed by atoms with Crippen molar-refractivity contribution in [3.05, 3.63) is 30.4 Å². The number of carboxylic acids is 1. The Morgan fingerprint density at radius 2 is 2.28 bits per heavy atom. The molecule has 0 saturated heterocycles. The molecule has 3 atom stereocenters. The number of H-pyrrole nitrogens is 1. The Bertz CT molecular complexity index is 624. The average molecular weight is 347 g/mol. The minimum Gasteiger partial charge on any atom is -0.480 e. The number of aromatic amines is 1. The Balaban J connectivity index is 1.91. The second-order valence-electron chi connectivity index (χ2n) is 6.43. The predicted molar refractivity (Wildman–Crippen MR) is 91.7 cm³/mol. The number of allylic oxidation sites excluding steroid dienone is 2. The fourth-order valence-electron chi connectivity index (χ4n) is 3.26. The first-order valence-electron chi connectivity index (χ1n) is 8.68. The molecule has 3 N–H and O–H groups in total. The Morgan fingerprint density at radius 1 is 1.48 bits per heavy atom. The number of aliphatic carboxylic acids is 1. The highest BCUT2D eigenvalue weighted by molar-refractivity contribution is 5.87. The first-order chi connectivity index (χ1) is 12.0. The Hall–Kier alpha value is -2.44. The van der Waals surface area contributed by atoms with Gasteiger partial charge in [0.15, 0.2) is 0 Å². The summed E-state index contributed by atoms with van der Waals surface area (Å²) < 4.78 is 0. The number of hydrogen-bond donors (Lipinski definition) is 3. The summed E-state index contributed by atoms with van der Waals surface area (Å²) in [5.41, 5.74) is 0.645. The van der Waals surface area contributed by atoms with E-state index in [1.54, 1.807) is 0 Å². The predicted octanol–water partition coefficient (Wildman–Crippen LogP) is 1.86. The van der Waals surface area contributed by atoms with Gasteiger partial charge in [0.25, 0.3) is 0 Å². The number of aromatic nitrogens is 2. The molecule has 1 heterocycles. The first kappa shape index (κ1) is 18.9. The van der Waals surface area contributed by atoms with Crippen LogP contribution in [0.25, 0.3) is 0 Å². The highest BCUT2D eigenvalue weighted by Gasteiger charge is 2.35. The van der Waals surface area contributed by atoms with E-state index < -0.39 is 12.0 Å². The molecule has 1 fully saturated rings. The molecule has 0 bridgehead atoms. The molecule has 0 unspecified atom stereocenters. The number of nitrogens with zero attached hydrogens (tertiary/aromatic N) is 1. The molecule has 1 aliphatic rings. The monoisotopic (exact) mass is 347 g/mol. The minimum absolute atomic E-state index is 0.0180. The third-order valence-electron chi connectivity index (χ3n) is 4.60. The van der Waals surface area contributed by atoms with Crippen LogP contribution in [0.5, 0.6) is 0 Å². The molecule has 1 amide bonds. The molecule has 25 heavy (non-hydrogen) atoms. The third-order valence-corrected chi connectivity index (χ3v) is 4.60. The molecule has 0 radical (unpaired) electrons. The molecular formula is C18H25N3O4. The lowest BCUT2D eigenvalue weighted by atomic mass is 9.89. The van der Waals surface area contributed by atoms with Gasteiger partial charge in [0, 0.05) is 37.1 Å². The number of carboxylic acid groups (broad SMARTS) is 1. The standard InChI is InChI=1S/C18H25N3O4/c1-2-3-4-5-14-12(6-7-16(14)22)8-17(23)21-15(18(24)25)9-13-10-19-11-20-13/h3-4,10-12,14-15H,2,5-9H2,1H3,(H,19,20)(H,21,23)(H,24,25)/b4-3-/t12-,14-,15+/m1/s1. The summed E-state index contributed by atoms with van der Waals surface area (Å²) in [4.78, 5) is 42.4. The molecule has 0 aliphatic heterocycles. The summed E-state index contributed by atoms with van der Waals surface area (Å²) in [5, 5.41) is 11.9. The van der Waals surface area contributed by atoms with E-state index in [4.69, 9.17) is 0 Å². The van der Waals surface area contributed by atoms with Gasteiger partial charge >= 0.3 is 5.97 Å². The molecule has 7 nitrogen and oxygen atoms in total. The van der Waals surface area contributed by atoms with Crippen molar-refractivity contribution in [1.29, 1.82) is 0 Å². The Kier molecular flexibility index (Phi) is 6.91. The molecule has 1 aromatic heterocycles. The van der Waals surface area contributed by atoms with Gasteiger partial charge in [-0.1, -0.05) is 19.1 Å². The van der Waals surface area contributed by atoms with Crippen LogP contribution >= 0.6 is 0 Å². The van der Waals surface area contributed by atoms with Crippen LogP contribution in [0.15, 0.2) is 24.7 Å². The van der Waals surface area contributed by atoms with E-state index in [0.717, 1.165) is 6.42 Å². The van der Waals surface area contributed by atoms with Gasteiger partial charge in [-0.25, -0.2) is 9.78 Å². The van der Waals surface area contributed by atoms with E-state index in [1.807, 2.05) is 19.1 Å². The molecular weight excluding hydrogens is 322 g/mol. The van der Waals surface area contributed by atoms with Gasteiger partial charge in [-0.15, -0.1) is 0 Å². The molecule has 1 aliphatic carbocycles. The molecule has 1 aromatic rings. The van der Waals surface area contributed by atoms with Gasteiger partial charge in [-0.3, -0.25) is 9.59 Å². The van der Waals surface area contributed by atoms with Gasteiger partial charge < -0.3 is 15.4 Å². The van der Waals surface area contributed by atoms with Gasteiger partial charge in [0.1, 0.15) is 11.8 Å². The van der Waals surface area contributed by atoms with Crippen molar-refractivity contribution in [2.24, 2.45) is 11.8 Å². The second kappa shape index (κ2) is 9.15. The Morgan fingerprint density at radius 3 is 2.92 bits per heavy atom. The zero-order chi connectivity index (χ0) is 18.2. The van der Waals surface area contributed by atoms with E-state index in [1.165, 1.54) is 12.5 Å². The lowest BCUT2D eigenvalue weighted by Gasteiger charge is -2.19. The Labute approximate surface area is 146 Å². The van der Waals surface area contributed by atoms with E-state index in [0.29, 0.717) is 25.0 Å². The SMILES string of the molecule is CC/C=C\C[C@H]1C(=O)CC[C@@H]1CC(=O)N[C@@H](Cc1cnc[nH]1)C(=O)O. The van der Waals surface area contributed by atoms with Gasteiger partial charge in [0.05, 0.1) is 6.33 Å². The van der Waals surface area contributed by atoms with Crippen molar-refractivity contribution in [3.63, 3.8) is 0 Å². The van der Waals surface area contributed by atoms with Crippen LogP contribution in [0.1, 0.15) is 44.7 Å². The van der Waals surface area contributed by atoms with Crippen LogP contribution in [0, 0.1) is 11.8 Å². The maximum atomic E-state index is 12.3. The summed E-state index contributed by atoms with van der Waals surface area (Å²) in [6.45, 7) is 2.03. The number of carbonyl (C=O) groups excluding carboxylic acids is 2. The summed E-state index contributed by atoms with van der Waals surface area (Å²) >= 11 is 0. The van der Waals surface area contributed by atoms with Crippen molar-refractivity contribution < 1.29 is 19.5 Å². The zero-order valence-electron chi connectivity index (χ0n) is 14.4. The number of carbonyl (C=O) groups is 3. The van der Waals surface area contributed by atoms with Crippen molar-refractivity contribution in [1.82, 2.24) is 15.3 Å². The van der Waals surface area contributed by atoms with E-state index in [2.05, 4.69) is 15.3 Å². The van der Waals surface area contributed by atoms with E-state index in [-0.39, 0.29) is 36.4 Å². The lowest BCUT2D eigenvalue weighted by Crippen LogP contribution is -2.43. The fourth-order valence-corrected chi connectivity index (χ4v) is 3.26. The third kappa shape index (κ3) is 5.55. The molecule has 0 aromatic carbocycles. The lowest BCUT2D eigenvalue weighted by molar-refractivity contribution is -0.142. The van der Waals surface area contributed by atoms with Crippen molar-refractivity contribution in [3.8, 4) is 0 Å². The van der Waals surface area contributed by atoms with Crippen molar-refractivity contribution in [2.75, 3.05) is 0 Å². The number of Topliss-reactive ketones (excluding diaryl/α,β-unsaturated/α-hetero) is 1. The minimum atomic E-state index is -1.09. The van der Waals surface area contributed by atoms with Gasteiger partial charge in [0.2, 0.25) is 5.91 Å². The quantitative estimate of drug-likeness (QED) is 0.590. The van der Waals surface area contributed by atoms with Crippen LogP contribution in [0.2, 0.25) is 0 Å². The number of amides is 1. The highest BCUT2D eigenvalue weighted by atomic mass is 16.4. The first-order valence-corrected chi connectivity index (χ1v) is 8.68. The topological polar surface area (TPSA) is 112 Å². The molecule has 136 valence electrons. The normalized spacial score (nSPS) is 21.6. The molecule has 7 heteroatoms. The zero-order valence-corrected chi connectivity index (χ0v) is 14.4. The van der Waals surface area contributed by atoms with Gasteiger partial charge in [-0.05, 0) is 25.2 Å². The molecule has 2 rings (SSSR count). The second-order valence-corrected chi connectivity index (χ2v) is 6.43. The van der Waals surface area contributed by atoms with Crippen LogP contribution in [-0.4, -0.2) is 38.8 Å². The maximum Gasteiger partial charge on any atom is 0.326 e. The highest BCUT2D eigenvalue weighted by Crippen LogP contribution is 2.34. The molecule has 1 saturated carbocycles. The number of hydrogen-bond acceptors (Lipinski definition) is 4. The van der Waals surface area contributed by atoms with Crippen molar-refractivity contribution >= 4 is 17.7 Å². The average Bonchev–Trinajstić information content (AvgIpc) is 3.19. The van der Waals surface area contributed by atoms with Crippen LogP contribution in [-0.2, 0) is 20.8 Å². The van der Waals surface area contributed by atoms with E-state index >= 15 is 0 Å². The van der Waals surface area contributed by atoms with E-state index in [9.17, 15) is 19.5 Å². The largest absolute Gasteiger partial charge is 0.480 e.